The molecule has 6 rings (SSSR count). The van der Waals surface area contributed by atoms with Crippen LogP contribution in [0.2, 0.25) is 5.02 Å². The van der Waals surface area contributed by atoms with Gasteiger partial charge in [0.15, 0.2) is 6.61 Å². The molecular weight excluding hydrogens is 493 g/mol. The van der Waals surface area contributed by atoms with Gasteiger partial charge in [-0.3, -0.25) is 0 Å². The Morgan fingerprint density at radius 2 is 1.92 bits per heavy atom. The van der Waals surface area contributed by atoms with E-state index in [9.17, 15) is 23.1 Å². The maximum atomic E-state index is 12.5. The van der Waals surface area contributed by atoms with E-state index < -0.39 is 18.9 Å². The Morgan fingerprint density at radius 1 is 1.19 bits per heavy atom. The second kappa shape index (κ2) is 9.14. The predicted molar refractivity (Wildman–Crippen MR) is 129 cm³/mol. The summed E-state index contributed by atoms with van der Waals surface area (Å²) < 4.78 is 42.2. The lowest BCUT2D eigenvalue weighted by molar-refractivity contribution is -0.276. The van der Waals surface area contributed by atoms with Crippen LogP contribution in [0.3, 0.4) is 0 Å². The Kier molecular flexibility index (Phi) is 6.40. The molecule has 1 amide bonds. The number of hydrogen-bond acceptors (Lipinski definition) is 4. The van der Waals surface area contributed by atoms with E-state index in [-0.39, 0.29) is 28.3 Å². The van der Waals surface area contributed by atoms with Crippen molar-refractivity contribution in [3.8, 4) is 16.9 Å². The number of amides is 1. The number of piperidine rings is 3. The Bertz CT molecular complexity index is 1160. The molecule has 0 saturated carbocycles. The van der Waals surface area contributed by atoms with Crippen molar-refractivity contribution in [2.24, 2.45) is 11.3 Å². The molecule has 2 bridgehead atoms. The quantitative estimate of drug-likeness (QED) is 0.535. The molecule has 5 nitrogen and oxygen atoms in total. The van der Waals surface area contributed by atoms with Crippen LogP contribution in [0, 0.1) is 11.3 Å². The molecule has 3 saturated heterocycles. The SMILES string of the molecule is CC1(C)Cc2cc(-c3ccc(OCC(F)(F)F)cc3Cl)ccc2[C@@H]1N(C(=O)[O-])[C@@H]1CN2CCC1CC2. The number of nitrogens with zero attached hydrogens (tertiary/aromatic N) is 2. The summed E-state index contributed by atoms with van der Waals surface area (Å²) in [5, 5.41) is 12.8. The minimum atomic E-state index is -4.43. The van der Waals surface area contributed by atoms with Crippen LogP contribution >= 0.6 is 11.6 Å². The van der Waals surface area contributed by atoms with Crippen LogP contribution < -0.4 is 9.84 Å². The minimum Gasteiger partial charge on any atom is -0.530 e. The number of rotatable bonds is 5. The van der Waals surface area contributed by atoms with Crippen molar-refractivity contribution in [3.63, 3.8) is 0 Å². The average molecular weight is 522 g/mol. The molecule has 0 spiro atoms. The van der Waals surface area contributed by atoms with Gasteiger partial charge in [0.05, 0.1) is 11.1 Å². The van der Waals surface area contributed by atoms with Crippen LogP contribution in [-0.2, 0) is 6.42 Å². The zero-order chi connectivity index (χ0) is 25.8. The summed E-state index contributed by atoms with van der Waals surface area (Å²) in [4.78, 5) is 16.5. The number of ether oxygens (including phenoxy) is 1. The van der Waals surface area contributed by atoms with Gasteiger partial charge in [0.25, 0.3) is 0 Å². The molecule has 3 fully saturated rings. The Labute approximate surface area is 213 Å². The zero-order valence-electron chi connectivity index (χ0n) is 20.3. The molecule has 194 valence electrons. The van der Waals surface area contributed by atoms with E-state index in [0.717, 1.165) is 49.2 Å². The number of carboxylic acid groups (broad SMARTS) is 1. The topological polar surface area (TPSA) is 55.8 Å². The first-order valence-electron chi connectivity index (χ1n) is 12.3. The van der Waals surface area contributed by atoms with E-state index in [0.29, 0.717) is 17.9 Å². The summed E-state index contributed by atoms with van der Waals surface area (Å²) in [6.45, 7) is 5.60. The van der Waals surface area contributed by atoms with Gasteiger partial charge in [0.2, 0.25) is 0 Å². The van der Waals surface area contributed by atoms with Crippen molar-refractivity contribution in [2.75, 3.05) is 26.2 Å². The Morgan fingerprint density at radius 3 is 2.50 bits per heavy atom. The normalized spacial score (nSPS) is 26.5. The highest BCUT2D eigenvalue weighted by molar-refractivity contribution is 6.33. The molecule has 0 unspecified atom stereocenters. The van der Waals surface area contributed by atoms with Crippen LogP contribution in [0.5, 0.6) is 5.75 Å². The molecule has 0 radical (unpaired) electrons. The van der Waals surface area contributed by atoms with Crippen LogP contribution in [0.15, 0.2) is 36.4 Å². The number of benzene rings is 2. The molecule has 3 aliphatic heterocycles. The third kappa shape index (κ3) is 4.77. The number of alkyl halides is 3. The molecule has 2 aromatic rings. The first-order chi connectivity index (χ1) is 16.9. The molecule has 1 aliphatic carbocycles. The first-order valence-corrected chi connectivity index (χ1v) is 12.6. The summed E-state index contributed by atoms with van der Waals surface area (Å²) in [6.07, 6.45) is -2.84. The summed E-state index contributed by atoms with van der Waals surface area (Å²) in [6, 6.07) is 9.98. The lowest BCUT2D eigenvalue weighted by Gasteiger charge is -2.53. The first kappa shape index (κ1) is 25.2. The molecule has 2 atom stereocenters. The predicted octanol–water partition coefficient (Wildman–Crippen LogP) is 5.31. The monoisotopic (exact) mass is 521 g/mol. The van der Waals surface area contributed by atoms with E-state index in [1.807, 2.05) is 18.2 Å². The fourth-order valence-electron chi connectivity index (χ4n) is 6.39. The fraction of sp³-hybridized carbons (Fsp3) is 0.519. The van der Waals surface area contributed by atoms with Gasteiger partial charge in [-0.25, -0.2) is 0 Å². The fourth-order valence-corrected chi connectivity index (χ4v) is 6.67. The molecule has 0 N–H and O–H groups in total. The highest BCUT2D eigenvalue weighted by Gasteiger charge is 2.48. The molecule has 4 aliphatic rings. The van der Waals surface area contributed by atoms with Crippen molar-refractivity contribution in [2.45, 2.75) is 51.4 Å². The molecule has 36 heavy (non-hydrogen) atoms. The summed E-state index contributed by atoms with van der Waals surface area (Å²) in [5.74, 6) is 0.398. The number of carbonyl (C=O) groups is 1. The van der Waals surface area contributed by atoms with Crippen molar-refractivity contribution >= 4 is 17.7 Å². The van der Waals surface area contributed by atoms with Gasteiger partial charge in [-0.2, -0.15) is 13.2 Å². The Hall–Kier alpha value is -2.45. The number of carbonyl (C=O) groups excluding carboxylic acids is 1. The van der Waals surface area contributed by atoms with Crippen molar-refractivity contribution < 1.29 is 27.8 Å². The van der Waals surface area contributed by atoms with Crippen LogP contribution in [0.4, 0.5) is 18.0 Å². The molecular formula is C27H29ClF3N2O3-. The highest BCUT2D eigenvalue weighted by atomic mass is 35.5. The van der Waals surface area contributed by atoms with Crippen LogP contribution in [0.1, 0.15) is 43.9 Å². The second-order valence-corrected chi connectivity index (χ2v) is 11.3. The molecule has 2 aromatic carbocycles. The van der Waals surface area contributed by atoms with Gasteiger partial charge >= 0.3 is 6.18 Å². The number of fused-ring (bicyclic) bond motifs is 4. The summed E-state index contributed by atoms with van der Waals surface area (Å²) in [7, 11) is 0. The lowest BCUT2D eigenvalue weighted by atomic mass is 9.79. The van der Waals surface area contributed by atoms with Crippen molar-refractivity contribution in [1.29, 1.82) is 0 Å². The van der Waals surface area contributed by atoms with Crippen LogP contribution in [-0.4, -0.2) is 54.4 Å². The third-order valence-electron chi connectivity index (χ3n) is 7.95. The second-order valence-electron chi connectivity index (χ2n) is 10.9. The standard InChI is InChI=1S/C27H30ClF3N2O3/c1-26(2)13-18-11-17(20-6-4-19(12-22(20)28)36-15-27(29,30)31)3-5-21(18)24(26)33(25(34)35)23-14-32-9-7-16(23)8-10-32/h3-6,11-12,16,23-24H,7-10,13-15H2,1-2H3,(H,34,35)/p-1/t23-,24+/m1/s1. The maximum absolute atomic E-state index is 12.5. The zero-order valence-corrected chi connectivity index (χ0v) is 21.0. The van der Waals surface area contributed by atoms with Gasteiger partial charge in [-0.15, -0.1) is 0 Å². The Balaban J connectivity index is 1.44. The van der Waals surface area contributed by atoms with Gasteiger partial charge in [0.1, 0.15) is 11.8 Å². The highest BCUT2D eigenvalue weighted by Crippen LogP contribution is 2.51. The summed E-state index contributed by atoms with van der Waals surface area (Å²) >= 11 is 6.42. The van der Waals surface area contributed by atoms with E-state index >= 15 is 0 Å². The van der Waals surface area contributed by atoms with E-state index in [1.165, 1.54) is 12.1 Å². The molecule has 0 aromatic heterocycles. The maximum Gasteiger partial charge on any atom is 0.422 e. The molecule has 9 heteroatoms. The van der Waals surface area contributed by atoms with E-state index in [2.05, 4.69) is 18.7 Å². The smallest absolute Gasteiger partial charge is 0.422 e. The summed E-state index contributed by atoms with van der Waals surface area (Å²) in [5.41, 5.74) is 3.19. The average Bonchev–Trinajstić information content (AvgIpc) is 3.07. The van der Waals surface area contributed by atoms with Gasteiger partial charge in [-0.1, -0.05) is 43.6 Å². The van der Waals surface area contributed by atoms with E-state index in [4.69, 9.17) is 16.3 Å². The third-order valence-corrected chi connectivity index (χ3v) is 8.26. The van der Waals surface area contributed by atoms with Crippen molar-refractivity contribution in [3.05, 3.63) is 52.5 Å². The van der Waals surface area contributed by atoms with E-state index in [1.54, 1.807) is 11.0 Å². The van der Waals surface area contributed by atoms with Gasteiger partial charge in [-0.05, 0) is 78.6 Å². The van der Waals surface area contributed by atoms with Gasteiger partial charge < -0.3 is 24.4 Å². The van der Waals surface area contributed by atoms with Crippen LogP contribution in [0.25, 0.3) is 11.1 Å². The number of hydrogen-bond donors (Lipinski definition) is 0. The van der Waals surface area contributed by atoms with Crippen molar-refractivity contribution in [1.82, 2.24) is 9.80 Å². The minimum absolute atomic E-state index is 0.0468. The van der Waals surface area contributed by atoms with Gasteiger partial charge in [0, 0.05) is 18.2 Å². The number of halogens is 4. The molecule has 3 heterocycles. The largest absolute Gasteiger partial charge is 0.530 e. The lowest BCUT2D eigenvalue weighted by Crippen LogP contribution is -2.62.